The number of carbonyl (C=O) groups excluding carboxylic acids is 1. The fourth-order valence-electron chi connectivity index (χ4n) is 2.65. The van der Waals surface area contributed by atoms with Gasteiger partial charge in [0, 0.05) is 17.0 Å². The number of hydrogen-bond donors (Lipinski definition) is 1. The first-order chi connectivity index (χ1) is 11.2. The van der Waals surface area contributed by atoms with Crippen LogP contribution in [0.2, 0.25) is 5.02 Å². The first-order valence-corrected chi connectivity index (χ1v) is 8.02. The predicted octanol–water partition coefficient (Wildman–Crippen LogP) is 3.96. The third-order valence-electron chi connectivity index (χ3n) is 3.90. The molecule has 0 bridgehead atoms. The molecule has 3 rings (SSSR count). The lowest BCUT2D eigenvalue weighted by molar-refractivity contribution is -0.124. The highest BCUT2D eigenvalue weighted by Gasteiger charge is 2.20. The minimum atomic E-state index is -0.336. The predicted molar refractivity (Wildman–Crippen MR) is 92.4 cm³/mol. The minimum absolute atomic E-state index is 0.0544. The van der Waals surface area contributed by atoms with E-state index in [0.717, 1.165) is 16.5 Å². The Bertz CT molecular complexity index is 828. The van der Waals surface area contributed by atoms with Crippen molar-refractivity contribution in [1.82, 2.24) is 15.1 Å². The van der Waals surface area contributed by atoms with E-state index in [4.69, 9.17) is 11.6 Å². The van der Waals surface area contributed by atoms with E-state index < -0.39 is 0 Å². The third-order valence-corrected chi connectivity index (χ3v) is 4.27. The summed E-state index contributed by atoms with van der Waals surface area (Å²) in [5, 5.41) is 9.04. The van der Waals surface area contributed by atoms with Crippen LogP contribution in [0.3, 0.4) is 0 Å². The SMILES string of the molecule is CCC(C(=O)NCc1ccccc1Cl)n1ncc2ccccc21. The van der Waals surface area contributed by atoms with Gasteiger partial charge in [0.05, 0.1) is 11.7 Å². The van der Waals surface area contributed by atoms with Crippen LogP contribution < -0.4 is 5.32 Å². The lowest BCUT2D eigenvalue weighted by Crippen LogP contribution is -2.32. The standard InChI is InChI=1S/C18H18ClN3O/c1-2-16(22-17-10-6-4-8-14(17)12-21-22)18(23)20-11-13-7-3-5-9-15(13)19/h3-10,12,16H,2,11H2,1H3,(H,20,23). The van der Waals surface area contributed by atoms with Crippen LogP contribution in [0.25, 0.3) is 10.9 Å². The summed E-state index contributed by atoms with van der Waals surface area (Å²) in [6, 6.07) is 15.1. The fraction of sp³-hybridized carbons (Fsp3) is 0.222. The number of halogens is 1. The van der Waals surface area contributed by atoms with E-state index in [1.807, 2.05) is 55.5 Å². The van der Waals surface area contributed by atoms with Gasteiger partial charge in [-0.15, -0.1) is 0 Å². The molecule has 2 aromatic carbocycles. The third kappa shape index (κ3) is 3.22. The van der Waals surface area contributed by atoms with Crippen LogP contribution in [0.4, 0.5) is 0 Å². The summed E-state index contributed by atoms with van der Waals surface area (Å²) in [6.07, 6.45) is 2.46. The number of amides is 1. The van der Waals surface area contributed by atoms with Crippen LogP contribution in [0.1, 0.15) is 24.9 Å². The monoisotopic (exact) mass is 327 g/mol. The molecule has 23 heavy (non-hydrogen) atoms. The van der Waals surface area contributed by atoms with Crippen molar-refractivity contribution in [3.05, 3.63) is 65.3 Å². The van der Waals surface area contributed by atoms with Crippen LogP contribution in [0, 0.1) is 0 Å². The Hall–Kier alpha value is -2.33. The Balaban J connectivity index is 1.78. The van der Waals surface area contributed by atoms with Crippen molar-refractivity contribution >= 4 is 28.4 Å². The van der Waals surface area contributed by atoms with E-state index in [2.05, 4.69) is 10.4 Å². The molecule has 0 aliphatic rings. The number of aromatic nitrogens is 2. The van der Waals surface area contributed by atoms with Crippen molar-refractivity contribution in [2.24, 2.45) is 0 Å². The first-order valence-electron chi connectivity index (χ1n) is 7.64. The number of hydrogen-bond acceptors (Lipinski definition) is 2. The summed E-state index contributed by atoms with van der Waals surface area (Å²) in [4.78, 5) is 12.6. The van der Waals surface area contributed by atoms with Gasteiger partial charge in [-0.1, -0.05) is 54.9 Å². The molecule has 0 saturated carbocycles. The highest BCUT2D eigenvalue weighted by Crippen LogP contribution is 2.20. The molecule has 1 amide bonds. The number of fused-ring (bicyclic) bond motifs is 1. The molecule has 1 unspecified atom stereocenters. The molecule has 5 heteroatoms. The zero-order valence-electron chi connectivity index (χ0n) is 12.9. The second-order valence-electron chi connectivity index (χ2n) is 5.38. The number of carbonyl (C=O) groups is 1. The van der Waals surface area contributed by atoms with Crippen LogP contribution in [-0.2, 0) is 11.3 Å². The molecule has 1 heterocycles. The zero-order chi connectivity index (χ0) is 16.2. The van der Waals surface area contributed by atoms with Crippen molar-refractivity contribution in [2.45, 2.75) is 25.9 Å². The number of para-hydroxylation sites is 1. The van der Waals surface area contributed by atoms with E-state index in [0.29, 0.717) is 18.0 Å². The van der Waals surface area contributed by atoms with Crippen LogP contribution in [0.5, 0.6) is 0 Å². The zero-order valence-corrected chi connectivity index (χ0v) is 13.6. The van der Waals surface area contributed by atoms with Gasteiger partial charge in [-0.25, -0.2) is 0 Å². The van der Waals surface area contributed by atoms with Gasteiger partial charge >= 0.3 is 0 Å². The van der Waals surface area contributed by atoms with Gasteiger partial charge in [0.25, 0.3) is 0 Å². The number of nitrogens with one attached hydrogen (secondary N) is 1. The Morgan fingerprint density at radius 2 is 1.96 bits per heavy atom. The summed E-state index contributed by atoms with van der Waals surface area (Å²) in [5.41, 5.74) is 1.87. The average molecular weight is 328 g/mol. The van der Waals surface area contributed by atoms with Gasteiger partial charge in [0.1, 0.15) is 6.04 Å². The van der Waals surface area contributed by atoms with Crippen molar-refractivity contribution in [3.8, 4) is 0 Å². The number of nitrogens with zero attached hydrogens (tertiary/aromatic N) is 2. The summed E-state index contributed by atoms with van der Waals surface area (Å²) in [5.74, 6) is -0.0544. The maximum absolute atomic E-state index is 12.6. The largest absolute Gasteiger partial charge is 0.350 e. The molecule has 3 aromatic rings. The number of rotatable bonds is 5. The van der Waals surface area contributed by atoms with Gasteiger partial charge in [-0.2, -0.15) is 5.10 Å². The Morgan fingerprint density at radius 1 is 1.22 bits per heavy atom. The quantitative estimate of drug-likeness (QED) is 0.771. The van der Waals surface area contributed by atoms with E-state index in [9.17, 15) is 4.79 Å². The molecule has 0 aliphatic heterocycles. The van der Waals surface area contributed by atoms with Gasteiger partial charge in [-0.05, 0) is 24.1 Å². The summed E-state index contributed by atoms with van der Waals surface area (Å²) < 4.78 is 1.79. The summed E-state index contributed by atoms with van der Waals surface area (Å²) in [7, 11) is 0. The first kappa shape index (κ1) is 15.6. The van der Waals surface area contributed by atoms with Crippen molar-refractivity contribution in [2.75, 3.05) is 0 Å². The molecule has 118 valence electrons. The molecule has 1 aromatic heterocycles. The van der Waals surface area contributed by atoms with E-state index >= 15 is 0 Å². The second-order valence-corrected chi connectivity index (χ2v) is 5.79. The lowest BCUT2D eigenvalue weighted by atomic mass is 10.1. The Kier molecular flexibility index (Phi) is 4.63. The lowest BCUT2D eigenvalue weighted by Gasteiger charge is -2.17. The molecule has 0 fully saturated rings. The molecular formula is C18H18ClN3O. The van der Waals surface area contributed by atoms with E-state index in [1.54, 1.807) is 10.9 Å². The Labute approximate surface area is 140 Å². The van der Waals surface area contributed by atoms with Crippen LogP contribution in [0.15, 0.2) is 54.7 Å². The smallest absolute Gasteiger partial charge is 0.245 e. The van der Waals surface area contributed by atoms with E-state index in [-0.39, 0.29) is 11.9 Å². The molecule has 1 atom stereocenters. The molecule has 1 N–H and O–H groups in total. The molecule has 4 nitrogen and oxygen atoms in total. The topological polar surface area (TPSA) is 46.9 Å². The van der Waals surface area contributed by atoms with Crippen molar-refractivity contribution in [3.63, 3.8) is 0 Å². The molecule has 0 aliphatic carbocycles. The van der Waals surface area contributed by atoms with Gasteiger partial charge in [-0.3, -0.25) is 9.48 Å². The Morgan fingerprint density at radius 3 is 2.74 bits per heavy atom. The van der Waals surface area contributed by atoms with Crippen molar-refractivity contribution < 1.29 is 4.79 Å². The van der Waals surface area contributed by atoms with Crippen LogP contribution in [-0.4, -0.2) is 15.7 Å². The molecule has 0 saturated heterocycles. The average Bonchev–Trinajstić information content (AvgIpc) is 2.99. The summed E-state index contributed by atoms with van der Waals surface area (Å²) >= 11 is 6.13. The highest BCUT2D eigenvalue weighted by molar-refractivity contribution is 6.31. The van der Waals surface area contributed by atoms with Gasteiger partial charge in [0.15, 0.2) is 0 Å². The molecule has 0 spiro atoms. The normalized spacial score (nSPS) is 12.3. The molecule has 0 radical (unpaired) electrons. The maximum Gasteiger partial charge on any atom is 0.245 e. The highest BCUT2D eigenvalue weighted by atomic mass is 35.5. The fourth-order valence-corrected chi connectivity index (χ4v) is 2.85. The maximum atomic E-state index is 12.6. The number of benzene rings is 2. The van der Waals surface area contributed by atoms with Gasteiger partial charge < -0.3 is 5.32 Å². The minimum Gasteiger partial charge on any atom is -0.350 e. The van der Waals surface area contributed by atoms with Crippen LogP contribution >= 0.6 is 11.6 Å². The van der Waals surface area contributed by atoms with Crippen molar-refractivity contribution in [1.29, 1.82) is 0 Å². The van der Waals surface area contributed by atoms with Gasteiger partial charge in [0.2, 0.25) is 5.91 Å². The second kappa shape index (κ2) is 6.84. The molecular weight excluding hydrogens is 310 g/mol. The summed E-state index contributed by atoms with van der Waals surface area (Å²) in [6.45, 7) is 2.39. The van der Waals surface area contributed by atoms with E-state index in [1.165, 1.54) is 0 Å².